The van der Waals surface area contributed by atoms with Crippen molar-refractivity contribution < 1.29 is 9.53 Å². The molecule has 0 fully saturated rings. The Balaban J connectivity index is 2.54. The lowest BCUT2D eigenvalue weighted by atomic mass is 10.3. The average molecular weight is 229 g/mol. The van der Waals surface area contributed by atoms with Crippen molar-refractivity contribution in [1.29, 1.82) is 0 Å². The van der Waals surface area contributed by atoms with Crippen molar-refractivity contribution in [3.8, 4) is 5.75 Å². The molecule has 0 aliphatic carbocycles. The topological polar surface area (TPSA) is 51.2 Å². The molecule has 0 saturated heterocycles. The number of rotatable bonds is 4. The number of carbonyl (C=O) groups excluding carboxylic acids is 1. The maximum absolute atomic E-state index is 11.3. The molecule has 15 heavy (non-hydrogen) atoms. The van der Waals surface area contributed by atoms with Gasteiger partial charge in [-0.2, -0.15) is 0 Å². The number of hydrogen-bond acceptors (Lipinski definition) is 3. The van der Waals surface area contributed by atoms with Crippen LogP contribution in [-0.4, -0.2) is 23.5 Å². The first-order valence-corrected chi connectivity index (χ1v) is 5.07. The van der Waals surface area contributed by atoms with Crippen LogP contribution in [0, 0.1) is 0 Å². The lowest BCUT2D eigenvalue weighted by Crippen LogP contribution is -2.36. The van der Waals surface area contributed by atoms with Gasteiger partial charge in [0.25, 0.3) is 5.91 Å². The molecule has 0 saturated carbocycles. The molecule has 0 bridgehead atoms. The third-order valence-corrected chi connectivity index (χ3v) is 1.96. The summed E-state index contributed by atoms with van der Waals surface area (Å²) in [4.78, 5) is 15.2. The molecular formula is C10H13ClN2O2. The predicted octanol–water partition coefficient (Wildman–Crippen LogP) is 1.64. The van der Waals surface area contributed by atoms with Crippen molar-refractivity contribution in [3.63, 3.8) is 0 Å². The number of ether oxygens (including phenoxy) is 1. The van der Waals surface area contributed by atoms with Crippen LogP contribution < -0.4 is 10.1 Å². The van der Waals surface area contributed by atoms with Crippen LogP contribution in [0.15, 0.2) is 18.3 Å². The van der Waals surface area contributed by atoms with Gasteiger partial charge < -0.3 is 10.1 Å². The molecule has 1 heterocycles. The number of likely N-dealkylation sites (N-methyl/N-ethyl adjacent to an activating group) is 1. The van der Waals surface area contributed by atoms with Crippen molar-refractivity contribution in [1.82, 2.24) is 10.3 Å². The maximum atomic E-state index is 11.3. The van der Waals surface area contributed by atoms with Gasteiger partial charge in [-0.25, -0.2) is 4.98 Å². The van der Waals surface area contributed by atoms with Crippen molar-refractivity contribution in [2.24, 2.45) is 0 Å². The summed E-state index contributed by atoms with van der Waals surface area (Å²) < 4.78 is 5.35. The summed E-state index contributed by atoms with van der Waals surface area (Å²) in [5, 5.41) is 3.06. The lowest BCUT2D eigenvalue weighted by molar-refractivity contribution is -0.127. The molecule has 1 aromatic rings. The van der Waals surface area contributed by atoms with Gasteiger partial charge in [-0.05, 0) is 26.0 Å². The van der Waals surface area contributed by atoms with E-state index in [4.69, 9.17) is 16.3 Å². The van der Waals surface area contributed by atoms with Gasteiger partial charge in [0.2, 0.25) is 0 Å². The maximum Gasteiger partial charge on any atom is 0.260 e. The Bertz CT molecular complexity index is 327. The molecule has 0 aromatic carbocycles. The second-order valence-corrected chi connectivity index (χ2v) is 3.36. The van der Waals surface area contributed by atoms with Gasteiger partial charge in [0, 0.05) is 6.54 Å². The zero-order chi connectivity index (χ0) is 11.3. The van der Waals surface area contributed by atoms with Crippen LogP contribution in [0.1, 0.15) is 13.8 Å². The zero-order valence-electron chi connectivity index (χ0n) is 8.66. The molecule has 4 nitrogen and oxygen atoms in total. The van der Waals surface area contributed by atoms with Crippen LogP contribution in [0.2, 0.25) is 5.15 Å². The highest BCUT2D eigenvalue weighted by Crippen LogP contribution is 2.13. The van der Waals surface area contributed by atoms with E-state index in [1.54, 1.807) is 19.1 Å². The monoisotopic (exact) mass is 228 g/mol. The molecule has 0 spiro atoms. The minimum atomic E-state index is -0.534. The van der Waals surface area contributed by atoms with Crippen LogP contribution in [0.25, 0.3) is 0 Å². The summed E-state index contributed by atoms with van der Waals surface area (Å²) in [6.45, 7) is 4.12. The minimum Gasteiger partial charge on any atom is -0.479 e. The molecular weight excluding hydrogens is 216 g/mol. The standard InChI is InChI=1S/C10H13ClN2O2/c1-3-12-10(14)7(2)15-8-4-5-9(11)13-6-8/h4-7H,3H2,1-2H3,(H,12,14). The quantitative estimate of drug-likeness (QED) is 0.798. The average Bonchev–Trinajstić information content (AvgIpc) is 2.22. The Morgan fingerprint density at radius 1 is 1.67 bits per heavy atom. The van der Waals surface area contributed by atoms with E-state index in [0.717, 1.165) is 0 Å². The fourth-order valence-electron chi connectivity index (χ4n) is 1.01. The number of amides is 1. The Labute approximate surface area is 93.6 Å². The highest BCUT2D eigenvalue weighted by atomic mass is 35.5. The first-order chi connectivity index (χ1) is 7.13. The van der Waals surface area contributed by atoms with Gasteiger partial charge in [-0.3, -0.25) is 4.79 Å². The Kier molecular flexibility index (Phi) is 4.37. The summed E-state index contributed by atoms with van der Waals surface area (Å²) in [5.41, 5.74) is 0. The third-order valence-electron chi connectivity index (χ3n) is 1.73. The molecule has 82 valence electrons. The van der Waals surface area contributed by atoms with Gasteiger partial charge in [0.15, 0.2) is 6.10 Å². The molecule has 1 atom stereocenters. The highest BCUT2D eigenvalue weighted by Gasteiger charge is 2.13. The number of nitrogens with zero attached hydrogens (tertiary/aromatic N) is 1. The van der Waals surface area contributed by atoms with Crippen LogP contribution in [-0.2, 0) is 4.79 Å². The molecule has 0 aliphatic heterocycles. The van der Waals surface area contributed by atoms with Crippen molar-refractivity contribution >= 4 is 17.5 Å². The van der Waals surface area contributed by atoms with E-state index in [9.17, 15) is 4.79 Å². The van der Waals surface area contributed by atoms with Crippen molar-refractivity contribution in [3.05, 3.63) is 23.5 Å². The van der Waals surface area contributed by atoms with Crippen molar-refractivity contribution in [2.75, 3.05) is 6.54 Å². The first-order valence-electron chi connectivity index (χ1n) is 4.69. The summed E-state index contributed by atoms with van der Waals surface area (Å²) in [6, 6.07) is 3.28. The molecule has 1 aromatic heterocycles. The fourth-order valence-corrected chi connectivity index (χ4v) is 1.12. The van der Waals surface area contributed by atoms with Gasteiger partial charge in [0.1, 0.15) is 10.9 Å². The van der Waals surface area contributed by atoms with Crippen molar-refractivity contribution in [2.45, 2.75) is 20.0 Å². The lowest BCUT2D eigenvalue weighted by Gasteiger charge is -2.13. The van der Waals surface area contributed by atoms with E-state index in [1.165, 1.54) is 6.20 Å². The summed E-state index contributed by atoms with van der Waals surface area (Å²) in [6.07, 6.45) is 0.950. The Morgan fingerprint density at radius 2 is 2.40 bits per heavy atom. The van der Waals surface area contributed by atoms with Gasteiger partial charge >= 0.3 is 0 Å². The number of aromatic nitrogens is 1. The number of nitrogens with one attached hydrogen (secondary N) is 1. The highest BCUT2D eigenvalue weighted by molar-refractivity contribution is 6.29. The van der Waals surface area contributed by atoms with E-state index in [-0.39, 0.29) is 5.91 Å². The molecule has 1 amide bonds. The van der Waals surface area contributed by atoms with Crippen LogP contribution in [0.4, 0.5) is 0 Å². The minimum absolute atomic E-state index is 0.146. The van der Waals surface area contributed by atoms with Crippen LogP contribution in [0.3, 0.4) is 0 Å². The van der Waals surface area contributed by atoms with E-state index >= 15 is 0 Å². The summed E-state index contributed by atoms with van der Waals surface area (Å²) in [5.74, 6) is 0.380. The Morgan fingerprint density at radius 3 is 2.93 bits per heavy atom. The molecule has 1 rings (SSSR count). The normalized spacial score (nSPS) is 11.9. The second kappa shape index (κ2) is 5.56. The predicted molar refractivity (Wildman–Crippen MR) is 58.0 cm³/mol. The van der Waals surface area contributed by atoms with Crippen LogP contribution >= 0.6 is 11.6 Å². The van der Waals surface area contributed by atoms with E-state index in [2.05, 4.69) is 10.3 Å². The second-order valence-electron chi connectivity index (χ2n) is 2.97. The molecule has 5 heteroatoms. The molecule has 1 N–H and O–H groups in total. The molecule has 0 radical (unpaired) electrons. The number of hydrogen-bond donors (Lipinski definition) is 1. The third kappa shape index (κ3) is 3.75. The van der Waals surface area contributed by atoms with Gasteiger partial charge in [-0.1, -0.05) is 11.6 Å². The van der Waals surface area contributed by atoms with Crippen LogP contribution in [0.5, 0.6) is 5.75 Å². The molecule has 0 aliphatic rings. The SMILES string of the molecule is CCNC(=O)C(C)Oc1ccc(Cl)nc1. The molecule has 1 unspecified atom stereocenters. The van der Waals surface area contributed by atoms with E-state index < -0.39 is 6.10 Å². The first kappa shape index (κ1) is 11.8. The Hall–Kier alpha value is -1.29. The van der Waals surface area contributed by atoms with E-state index in [0.29, 0.717) is 17.4 Å². The fraction of sp³-hybridized carbons (Fsp3) is 0.400. The zero-order valence-corrected chi connectivity index (χ0v) is 9.41. The smallest absolute Gasteiger partial charge is 0.260 e. The van der Waals surface area contributed by atoms with Gasteiger partial charge in [0.05, 0.1) is 6.20 Å². The summed E-state index contributed by atoms with van der Waals surface area (Å²) in [7, 11) is 0. The number of halogens is 1. The summed E-state index contributed by atoms with van der Waals surface area (Å²) >= 11 is 5.61. The number of pyridine rings is 1. The van der Waals surface area contributed by atoms with Gasteiger partial charge in [-0.15, -0.1) is 0 Å². The largest absolute Gasteiger partial charge is 0.479 e. The number of carbonyl (C=O) groups is 1. The van der Waals surface area contributed by atoms with E-state index in [1.807, 2.05) is 6.92 Å².